The zero-order chi connectivity index (χ0) is 28.3. The minimum atomic E-state index is -4.59. The zero-order valence-electron chi connectivity index (χ0n) is 22.2. The van der Waals surface area contributed by atoms with E-state index in [0.29, 0.717) is 35.4 Å². The van der Waals surface area contributed by atoms with Crippen molar-refractivity contribution in [2.45, 2.75) is 39.4 Å². The van der Waals surface area contributed by atoms with Crippen LogP contribution in [-0.4, -0.2) is 40.6 Å². The van der Waals surface area contributed by atoms with E-state index in [0.717, 1.165) is 23.3 Å². The first-order valence-electron chi connectivity index (χ1n) is 12.6. The predicted octanol–water partition coefficient (Wildman–Crippen LogP) is 6.26. The molecule has 0 saturated heterocycles. The molecule has 0 aliphatic carbocycles. The van der Waals surface area contributed by atoms with Gasteiger partial charge in [0.25, 0.3) is 11.5 Å². The van der Waals surface area contributed by atoms with Crippen LogP contribution >= 0.6 is 0 Å². The Balaban J connectivity index is 1.89. The quantitative estimate of drug-likeness (QED) is 0.249. The molecule has 0 radical (unpaired) electrons. The maximum Gasteiger partial charge on any atom is 0.416 e. The number of para-hydroxylation sites is 1. The summed E-state index contributed by atoms with van der Waals surface area (Å²) in [5, 5.41) is 0.418. The van der Waals surface area contributed by atoms with Gasteiger partial charge in [0.1, 0.15) is 5.82 Å². The molecule has 1 aromatic heterocycles. The van der Waals surface area contributed by atoms with Gasteiger partial charge in [0.15, 0.2) is 0 Å². The van der Waals surface area contributed by atoms with Crippen LogP contribution in [0.25, 0.3) is 16.6 Å². The van der Waals surface area contributed by atoms with E-state index in [1.165, 1.54) is 28.7 Å². The molecule has 0 saturated carbocycles. The number of methoxy groups -OCH3 is 1. The summed E-state index contributed by atoms with van der Waals surface area (Å²) in [4.78, 5) is 33.8. The molecule has 0 N–H and O–H groups in total. The van der Waals surface area contributed by atoms with Gasteiger partial charge in [0.2, 0.25) is 0 Å². The number of rotatable bonds is 8. The van der Waals surface area contributed by atoms with Crippen LogP contribution in [0.5, 0.6) is 0 Å². The van der Waals surface area contributed by atoms with E-state index in [-0.39, 0.29) is 17.7 Å². The van der Waals surface area contributed by atoms with Gasteiger partial charge in [-0.05, 0) is 80.8 Å². The van der Waals surface area contributed by atoms with E-state index in [4.69, 9.17) is 9.72 Å². The summed E-state index contributed by atoms with van der Waals surface area (Å²) in [6, 6.07) is 16.1. The van der Waals surface area contributed by atoms with Crippen LogP contribution in [-0.2, 0) is 10.9 Å². The van der Waals surface area contributed by atoms with E-state index in [9.17, 15) is 22.8 Å². The normalized spacial score (nSPS) is 12.5. The molecule has 0 aliphatic heterocycles. The van der Waals surface area contributed by atoms with Crippen LogP contribution in [0.3, 0.4) is 0 Å². The van der Waals surface area contributed by atoms with Crippen molar-refractivity contribution in [3.63, 3.8) is 0 Å². The summed E-state index contributed by atoms with van der Waals surface area (Å²) in [5.41, 5.74) is 1.77. The third-order valence-corrected chi connectivity index (χ3v) is 6.84. The summed E-state index contributed by atoms with van der Waals surface area (Å²) < 4.78 is 46.9. The average Bonchev–Trinajstić information content (AvgIpc) is 2.92. The van der Waals surface area contributed by atoms with Crippen LogP contribution in [0.2, 0.25) is 0 Å². The number of aryl methyl sites for hydroxylation is 2. The topological polar surface area (TPSA) is 64.4 Å². The fourth-order valence-corrected chi connectivity index (χ4v) is 4.53. The minimum absolute atomic E-state index is 0.102. The van der Waals surface area contributed by atoms with Crippen LogP contribution < -0.4 is 5.56 Å². The van der Waals surface area contributed by atoms with Gasteiger partial charge in [0.05, 0.1) is 28.2 Å². The molecular formula is C30H30F3N3O3. The number of benzene rings is 3. The van der Waals surface area contributed by atoms with Crippen molar-refractivity contribution in [2.75, 3.05) is 20.3 Å². The van der Waals surface area contributed by atoms with Gasteiger partial charge >= 0.3 is 6.18 Å². The summed E-state index contributed by atoms with van der Waals surface area (Å²) >= 11 is 0. The minimum Gasteiger partial charge on any atom is -0.385 e. The molecular weight excluding hydrogens is 507 g/mol. The highest BCUT2D eigenvalue weighted by Gasteiger charge is 2.33. The number of alkyl halides is 3. The molecule has 1 heterocycles. The van der Waals surface area contributed by atoms with Gasteiger partial charge < -0.3 is 9.64 Å². The largest absolute Gasteiger partial charge is 0.416 e. The Morgan fingerprint density at radius 2 is 1.77 bits per heavy atom. The van der Waals surface area contributed by atoms with Crippen molar-refractivity contribution in [1.82, 2.24) is 14.5 Å². The van der Waals surface area contributed by atoms with Gasteiger partial charge in [-0.15, -0.1) is 0 Å². The molecule has 1 amide bonds. The Hall–Kier alpha value is -3.98. The molecule has 1 unspecified atom stereocenters. The molecule has 4 aromatic rings. The monoisotopic (exact) mass is 537 g/mol. The van der Waals surface area contributed by atoms with Crippen molar-refractivity contribution < 1.29 is 22.7 Å². The molecule has 0 aliphatic rings. The van der Waals surface area contributed by atoms with Gasteiger partial charge in [-0.3, -0.25) is 14.2 Å². The Morgan fingerprint density at radius 1 is 1.03 bits per heavy atom. The molecule has 0 fully saturated rings. The second-order valence-corrected chi connectivity index (χ2v) is 9.50. The number of halogens is 3. The summed E-state index contributed by atoms with van der Waals surface area (Å²) in [6.45, 7) is 6.16. The maximum atomic E-state index is 13.8. The number of amides is 1. The SMILES string of the molecule is COCCCN(C(=O)c1cccc(C(F)(F)F)c1)C(C)c1nc2ccccc2c(=O)n1-c1ccc(C)c(C)c1. The van der Waals surface area contributed by atoms with Gasteiger partial charge in [-0.2, -0.15) is 13.2 Å². The second kappa shape index (κ2) is 11.4. The average molecular weight is 538 g/mol. The lowest BCUT2D eigenvalue weighted by Gasteiger charge is -2.31. The Morgan fingerprint density at radius 3 is 2.46 bits per heavy atom. The number of nitrogens with zero attached hydrogens (tertiary/aromatic N) is 3. The summed E-state index contributed by atoms with van der Waals surface area (Å²) in [5.74, 6) is -0.293. The number of ether oxygens (including phenoxy) is 1. The summed E-state index contributed by atoms with van der Waals surface area (Å²) in [6.07, 6.45) is -4.15. The molecule has 204 valence electrons. The highest BCUT2D eigenvalue weighted by Crippen LogP contribution is 2.31. The fourth-order valence-electron chi connectivity index (χ4n) is 4.53. The standard InChI is InChI=1S/C30H30F3N3O3/c1-19-13-14-24(17-20(19)2)36-27(34-26-12-6-5-11-25(26)29(36)38)21(3)35(15-8-16-39-4)28(37)22-9-7-10-23(18-22)30(31,32)33/h5-7,9-14,17-18,21H,8,15-16H2,1-4H3. The number of fused-ring (bicyclic) bond motifs is 1. The Labute approximate surface area is 224 Å². The van der Waals surface area contributed by atoms with Crippen molar-refractivity contribution >= 4 is 16.8 Å². The van der Waals surface area contributed by atoms with E-state index < -0.39 is 23.7 Å². The van der Waals surface area contributed by atoms with Crippen molar-refractivity contribution in [2.24, 2.45) is 0 Å². The molecule has 0 bridgehead atoms. The van der Waals surface area contributed by atoms with E-state index in [1.54, 1.807) is 31.2 Å². The molecule has 0 spiro atoms. The number of aromatic nitrogens is 2. The maximum absolute atomic E-state index is 13.8. The van der Waals surface area contributed by atoms with E-state index in [1.807, 2.05) is 32.0 Å². The first-order chi connectivity index (χ1) is 18.5. The highest BCUT2D eigenvalue weighted by molar-refractivity contribution is 5.94. The second-order valence-electron chi connectivity index (χ2n) is 9.50. The van der Waals surface area contributed by atoms with E-state index in [2.05, 4.69) is 0 Å². The first kappa shape index (κ1) is 28.0. The smallest absolute Gasteiger partial charge is 0.385 e. The van der Waals surface area contributed by atoms with Gasteiger partial charge in [0, 0.05) is 25.8 Å². The lowest BCUT2D eigenvalue weighted by molar-refractivity contribution is -0.137. The first-order valence-corrected chi connectivity index (χ1v) is 12.6. The van der Waals surface area contributed by atoms with Crippen LogP contribution in [0.15, 0.2) is 71.5 Å². The van der Waals surface area contributed by atoms with Crippen molar-refractivity contribution in [3.05, 3.63) is 105 Å². The number of carbonyl (C=O) groups is 1. The number of hydrogen-bond donors (Lipinski definition) is 0. The van der Waals surface area contributed by atoms with Gasteiger partial charge in [-0.25, -0.2) is 4.98 Å². The molecule has 1 atom stereocenters. The van der Waals surface area contributed by atoms with Crippen LogP contribution in [0.4, 0.5) is 13.2 Å². The molecule has 9 heteroatoms. The number of hydrogen-bond acceptors (Lipinski definition) is 4. The number of carbonyl (C=O) groups excluding carboxylic acids is 1. The molecule has 6 nitrogen and oxygen atoms in total. The van der Waals surface area contributed by atoms with Crippen LogP contribution in [0.1, 0.15) is 52.3 Å². The molecule has 39 heavy (non-hydrogen) atoms. The van der Waals surface area contributed by atoms with Gasteiger partial charge in [-0.1, -0.05) is 24.3 Å². The third kappa shape index (κ3) is 5.88. The van der Waals surface area contributed by atoms with Crippen LogP contribution in [0, 0.1) is 13.8 Å². The fraction of sp³-hybridized carbons (Fsp3) is 0.300. The Bertz CT molecular complexity index is 1560. The summed E-state index contributed by atoms with van der Waals surface area (Å²) in [7, 11) is 1.53. The highest BCUT2D eigenvalue weighted by atomic mass is 19.4. The predicted molar refractivity (Wildman–Crippen MR) is 144 cm³/mol. The van der Waals surface area contributed by atoms with Crippen molar-refractivity contribution in [3.8, 4) is 5.69 Å². The van der Waals surface area contributed by atoms with Crippen molar-refractivity contribution in [1.29, 1.82) is 0 Å². The molecule has 4 rings (SSSR count). The Kier molecular flexibility index (Phi) is 8.20. The lowest BCUT2D eigenvalue weighted by atomic mass is 10.1. The third-order valence-electron chi connectivity index (χ3n) is 6.84. The molecule has 3 aromatic carbocycles. The van der Waals surface area contributed by atoms with E-state index >= 15 is 0 Å². The lowest BCUT2D eigenvalue weighted by Crippen LogP contribution is -2.38. The zero-order valence-corrected chi connectivity index (χ0v) is 22.2.